The van der Waals surface area contributed by atoms with Gasteiger partial charge in [0, 0.05) is 30.7 Å². The standard InChI is InChI=1S/C18H20N2O4S2/c1-13(21)20-9-10-25-18-8-7-16(11-17(18)20)26(22,23)19-12-14-3-5-15(24-2)6-4-14/h3-8,11,19H,9-10,12H2,1-2H3. The molecule has 0 unspecified atom stereocenters. The number of fused-ring (bicyclic) bond motifs is 1. The Labute approximate surface area is 157 Å². The highest BCUT2D eigenvalue weighted by molar-refractivity contribution is 7.99. The Bertz CT molecular complexity index is 911. The maximum Gasteiger partial charge on any atom is 0.240 e. The second-order valence-corrected chi connectivity index (χ2v) is 8.72. The number of carbonyl (C=O) groups excluding carboxylic acids is 1. The summed E-state index contributed by atoms with van der Waals surface area (Å²) in [5.74, 6) is 1.43. The van der Waals surface area contributed by atoms with Crippen molar-refractivity contribution in [2.45, 2.75) is 23.3 Å². The Morgan fingerprint density at radius 3 is 2.62 bits per heavy atom. The summed E-state index contributed by atoms with van der Waals surface area (Å²) in [6.07, 6.45) is 0. The van der Waals surface area contributed by atoms with Gasteiger partial charge in [0.15, 0.2) is 0 Å². The maximum absolute atomic E-state index is 12.6. The summed E-state index contributed by atoms with van der Waals surface area (Å²) in [4.78, 5) is 14.5. The van der Waals surface area contributed by atoms with Crippen LogP contribution in [0, 0.1) is 0 Å². The van der Waals surface area contributed by atoms with Crippen LogP contribution in [0.4, 0.5) is 5.69 Å². The summed E-state index contributed by atoms with van der Waals surface area (Å²) in [7, 11) is -2.11. The Morgan fingerprint density at radius 1 is 1.23 bits per heavy atom. The van der Waals surface area contributed by atoms with Crippen molar-refractivity contribution < 1.29 is 17.9 Å². The zero-order valence-electron chi connectivity index (χ0n) is 14.6. The molecule has 0 radical (unpaired) electrons. The lowest BCUT2D eigenvalue weighted by Crippen LogP contribution is -2.33. The van der Waals surface area contributed by atoms with Crippen molar-refractivity contribution in [3.05, 3.63) is 48.0 Å². The summed E-state index contributed by atoms with van der Waals surface area (Å²) in [6, 6.07) is 12.1. The van der Waals surface area contributed by atoms with Crippen LogP contribution in [0.5, 0.6) is 5.75 Å². The van der Waals surface area contributed by atoms with Gasteiger partial charge >= 0.3 is 0 Å². The van der Waals surface area contributed by atoms with E-state index in [4.69, 9.17) is 4.74 Å². The Morgan fingerprint density at radius 2 is 1.96 bits per heavy atom. The van der Waals surface area contributed by atoms with Crippen molar-refractivity contribution in [2.75, 3.05) is 24.3 Å². The molecule has 2 aromatic carbocycles. The van der Waals surface area contributed by atoms with E-state index in [1.165, 1.54) is 6.92 Å². The van der Waals surface area contributed by atoms with Gasteiger partial charge < -0.3 is 9.64 Å². The zero-order chi connectivity index (χ0) is 18.7. The number of carbonyl (C=O) groups is 1. The van der Waals surface area contributed by atoms with Gasteiger partial charge in [0.05, 0.1) is 17.7 Å². The fraction of sp³-hybridized carbons (Fsp3) is 0.278. The van der Waals surface area contributed by atoms with E-state index in [0.717, 1.165) is 16.2 Å². The van der Waals surface area contributed by atoms with Gasteiger partial charge in [-0.2, -0.15) is 0 Å². The van der Waals surface area contributed by atoms with E-state index < -0.39 is 10.0 Å². The average Bonchev–Trinajstić information content (AvgIpc) is 2.65. The lowest BCUT2D eigenvalue weighted by Gasteiger charge is -2.28. The molecule has 138 valence electrons. The summed E-state index contributed by atoms with van der Waals surface area (Å²) < 4.78 is 33.0. The Hall–Kier alpha value is -2.03. The Kier molecular flexibility index (Phi) is 5.55. The first-order valence-electron chi connectivity index (χ1n) is 8.08. The molecule has 1 N–H and O–H groups in total. The van der Waals surface area contributed by atoms with E-state index >= 15 is 0 Å². The van der Waals surface area contributed by atoms with Gasteiger partial charge in [-0.3, -0.25) is 4.79 Å². The molecule has 0 atom stereocenters. The molecule has 1 aliphatic heterocycles. The highest BCUT2D eigenvalue weighted by Gasteiger charge is 2.23. The number of hydrogen-bond donors (Lipinski definition) is 1. The molecule has 0 saturated heterocycles. The van der Waals surface area contributed by atoms with Crippen molar-refractivity contribution in [3.8, 4) is 5.75 Å². The third-order valence-corrected chi connectivity index (χ3v) is 6.55. The van der Waals surface area contributed by atoms with Crippen molar-refractivity contribution in [1.82, 2.24) is 4.72 Å². The van der Waals surface area contributed by atoms with Crippen LogP contribution in [0.2, 0.25) is 0 Å². The van der Waals surface area contributed by atoms with E-state index in [-0.39, 0.29) is 17.3 Å². The minimum atomic E-state index is -3.69. The van der Waals surface area contributed by atoms with E-state index in [1.54, 1.807) is 54.1 Å². The number of nitrogens with zero attached hydrogens (tertiary/aromatic N) is 1. The second-order valence-electron chi connectivity index (χ2n) is 5.82. The average molecular weight is 393 g/mol. The number of benzene rings is 2. The van der Waals surface area contributed by atoms with Gasteiger partial charge in [0.2, 0.25) is 15.9 Å². The van der Waals surface area contributed by atoms with Crippen molar-refractivity contribution in [2.24, 2.45) is 0 Å². The van der Waals surface area contributed by atoms with Crippen molar-refractivity contribution in [1.29, 1.82) is 0 Å². The molecule has 8 heteroatoms. The molecule has 2 aromatic rings. The normalized spacial score (nSPS) is 14.0. The van der Waals surface area contributed by atoms with Crippen LogP contribution in [-0.4, -0.2) is 33.7 Å². The van der Waals surface area contributed by atoms with Crippen LogP contribution in [0.3, 0.4) is 0 Å². The molecule has 6 nitrogen and oxygen atoms in total. The summed E-state index contributed by atoms with van der Waals surface area (Å²) in [6.45, 7) is 2.24. The lowest BCUT2D eigenvalue weighted by molar-refractivity contribution is -0.116. The summed E-state index contributed by atoms with van der Waals surface area (Å²) >= 11 is 1.62. The number of amides is 1. The highest BCUT2D eigenvalue weighted by Crippen LogP contribution is 2.36. The number of rotatable bonds is 5. The third-order valence-electron chi connectivity index (χ3n) is 4.11. The van der Waals surface area contributed by atoms with Gasteiger partial charge in [-0.1, -0.05) is 12.1 Å². The van der Waals surface area contributed by atoms with Crippen LogP contribution in [-0.2, 0) is 21.4 Å². The number of sulfonamides is 1. The number of ether oxygens (including phenoxy) is 1. The summed E-state index contributed by atoms with van der Waals surface area (Å²) in [5, 5.41) is 0. The number of hydrogen-bond acceptors (Lipinski definition) is 5. The topological polar surface area (TPSA) is 75.7 Å². The Balaban J connectivity index is 1.80. The lowest BCUT2D eigenvalue weighted by atomic mass is 10.2. The smallest absolute Gasteiger partial charge is 0.240 e. The van der Waals surface area contributed by atoms with E-state index in [0.29, 0.717) is 18.0 Å². The van der Waals surface area contributed by atoms with Crippen molar-refractivity contribution >= 4 is 33.4 Å². The van der Waals surface area contributed by atoms with Gasteiger partial charge in [-0.25, -0.2) is 13.1 Å². The summed E-state index contributed by atoms with van der Waals surface area (Å²) in [5.41, 5.74) is 1.48. The fourth-order valence-corrected chi connectivity index (χ4v) is 4.71. The van der Waals surface area contributed by atoms with E-state index in [2.05, 4.69) is 4.72 Å². The highest BCUT2D eigenvalue weighted by atomic mass is 32.2. The molecule has 1 aliphatic rings. The second kappa shape index (κ2) is 7.69. The van der Waals surface area contributed by atoms with E-state index in [1.807, 2.05) is 12.1 Å². The molecule has 0 aromatic heterocycles. The van der Waals surface area contributed by atoms with Gasteiger partial charge in [-0.05, 0) is 35.9 Å². The molecule has 0 aliphatic carbocycles. The van der Waals surface area contributed by atoms with E-state index in [9.17, 15) is 13.2 Å². The monoisotopic (exact) mass is 392 g/mol. The SMILES string of the molecule is COc1ccc(CNS(=O)(=O)c2ccc3c(c2)N(C(C)=O)CCS3)cc1. The molecule has 0 spiro atoms. The molecular weight excluding hydrogens is 372 g/mol. The molecule has 1 heterocycles. The third kappa shape index (κ3) is 4.03. The van der Waals surface area contributed by atoms with Crippen LogP contribution in [0.25, 0.3) is 0 Å². The van der Waals surface area contributed by atoms with Gasteiger partial charge in [-0.15, -0.1) is 11.8 Å². The van der Waals surface area contributed by atoms with Gasteiger partial charge in [0.1, 0.15) is 5.75 Å². The molecule has 26 heavy (non-hydrogen) atoms. The maximum atomic E-state index is 12.6. The molecule has 3 rings (SSSR count). The molecule has 0 saturated carbocycles. The first-order valence-corrected chi connectivity index (χ1v) is 10.5. The molecule has 0 fully saturated rings. The molecular formula is C18H20N2O4S2. The van der Waals surface area contributed by atoms with Gasteiger partial charge in [0.25, 0.3) is 0 Å². The van der Waals surface area contributed by atoms with Crippen LogP contribution in [0.15, 0.2) is 52.3 Å². The molecule has 0 bridgehead atoms. The predicted octanol–water partition coefficient (Wildman–Crippen LogP) is 2.63. The predicted molar refractivity (Wildman–Crippen MR) is 102 cm³/mol. The van der Waals surface area contributed by atoms with Crippen molar-refractivity contribution in [3.63, 3.8) is 0 Å². The minimum absolute atomic E-state index is 0.0905. The first kappa shape index (κ1) is 18.8. The quantitative estimate of drug-likeness (QED) is 0.847. The van der Waals surface area contributed by atoms with Crippen LogP contribution < -0.4 is 14.4 Å². The largest absolute Gasteiger partial charge is 0.497 e. The first-order chi connectivity index (χ1) is 12.4. The number of thioether (sulfide) groups is 1. The minimum Gasteiger partial charge on any atom is -0.497 e. The number of nitrogens with one attached hydrogen (secondary N) is 1. The van der Waals surface area contributed by atoms with Crippen LogP contribution in [0.1, 0.15) is 12.5 Å². The molecule has 1 amide bonds. The van der Waals surface area contributed by atoms with Crippen LogP contribution >= 0.6 is 11.8 Å². The zero-order valence-corrected chi connectivity index (χ0v) is 16.2. The number of anilines is 1. The number of methoxy groups -OCH3 is 1. The fourth-order valence-electron chi connectivity index (χ4n) is 2.70.